The maximum Gasteiger partial charge on any atom is 0.314 e. The molecule has 7 nitrogen and oxygen atoms in total. The Hall–Kier alpha value is -3.43. The fourth-order valence-corrected chi connectivity index (χ4v) is 4.37. The lowest BCUT2D eigenvalue weighted by molar-refractivity contribution is 0.0296. The molecule has 2 atom stereocenters. The van der Waals surface area contributed by atoms with Crippen LogP contribution in [0.3, 0.4) is 0 Å². The van der Waals surface area contributed by atoms with Crippen LogP contribution >= 0.6 is 0 Å². The molecule has 10 heteroatoms. The Morgan fingerprint density at radius 3 is 2.75 bits per heavy atom. The lowest BCUT2D eigenvalue weighted by atomic mass is 9.91. The quantitative estimate of drug-likeness (QED) is 0.574. The number of nitrogens with zero attached hydrogens (tertiary/aromatic N) is 4. The zero-order chi connectivity index (χ0) is 22.2. The van der Waals surface area contributed by atoms with Gasteiger partial charge in [-0.05, 0) is 37.0 Å². The minimum atomic E-state index is -2.86. The van der Waals surface area contributed by atoms with E-state index in [9.17, 15) is 18.0 Å². The summed E-state index contributed by atoms with van der Waals surface area (Å²) in [6.45, 7) is 0.409. The molecule has 3 aromatic rings. The molecule has 1 fully saturated rings. The number of halogens is 3. The van der Waals surface area contributed by atoms with E-state index in [0.717, 1.165) is 37.4 Å². The Kier molecular flexibility index (Phi) is 5.28. The van der Waals surface area contributed by atoms with E-state index in [1.807, 2.05) is 0 Å². The van der Waals surface area contributed by atoms with Gasteiger partial charge in [-0.2, -0.15) is 8.78 Å². The zero-order valence-electron chi connectivity index (χ0n) is 16.9. The second kappa shape index (κ2) is 8.25. The van der Waals surface area contributed by atoms with Gasteiger partial charge < -0.3 is 14.1 Å². The van der Waals surface area contributed by atoms with Crippen LogP contribution in [0.4, 0.5) is 13.2 Å². The lowest BCUT2D eigenvalue weighted by Crippen LogP contribution is -2.48. The molecule has 1 aliphatic carbocycles. The summed E-state index contributed by atoms with van der Waals surface area (Å²) < 4.78 is 50.1. The number of alkyl halides is 2. The van der Waals surface area contributed by atoms with Gasteiger partial charge in [0.25, 0.3) is 11.8 Å². The van der Waals surface area contributed by atoms with Gasteiger partial charge in [0, 0.05) is 23.7 Å². The summed E-state index contributed by atoms with van der Waals surface area (Å²) in [6.07, 6.45) is 2.83. The molecule has 0 spiro atoms. The Bertz CT molecular complexity index is 1150. The van der Waals surface area contributed by atoms with Crippen LogP contribution in [0.25, 0.3) is 11.5 Å². The minimum absolute atomic E-state index is 0.0631. The molecule has 0 radical (unpaired) electrons. The molecule has 1 saturated carbocycles. The molecule has 5 rings (SSSR count). The number of carbonyl (C=O) groups excluding carboxylic acids is 1. The molecule has 2 aromatic heterocycles. The standard InChI is InChI=1S/C22H19F3N4O3/c23-14-8-15(10-26-9-14)31-18-4-2-1-3-17(18)29-11-13-6-5-12(7-16(13)22(29)30)20-27-28-21(32-20)19(24)25/h5-10,17-19H,1-4,11H2/t17-,18-/m1/s1. The molecule has 0 bridgehead atoms. The summed E-state index contributed by atoms with van der Waals surface area (Å²) in [4.78, 5) is 18.8. The highest BCUT2D eigenvalue weighted by Crippen LogP contribution is 2.35. The molecule has 1 aromatic carbocycles. The van der Waals surface area contributed by atoms with Crippen LogP contribution in [-0.4, -0.2) is 38.1 Å². The molecule has 1 amide bonds. The van der Waals surface area contributed by atoms with Gasteiger partial charge in [-0.3, -0.25) is 9.78 Å². The summed E-state index contributed by atoms with van der Waals surface area (Å²) in [7, 11) is 0. The number of aromatic nitrogens is 3. The summed E-state index contributed by atoms with van der Waals surface area (Å²) in [6, 6.07) is 6.14. The first kappa shape index (κ1) is 20.5. The van der Waals surface area contributed by atoms with Gasteiger partial charge in [-0.1, -0.05) is 12.5 Å². The topological polar surface area (TPSA) is 81.4 Å². The van der Waals surface area contributed by atoms with E-state index in [0.29, 0.717) is 23.4 Å². The molecule has 0 unspecified atom stereocenters. The number of pyridine rings is 1. The highest BCUT2D eigenvalue weighted by Gasteiger charge is 2.39. The summed E-state index contributed by atoms with van der Waals surface area (Å²) in [5, 5.41) is 6.99. The molecule has 0 N–H and O–H groups in total. The summed E-state index contributed by atoms with van der Waals surface area (Å²) in [5.41, 5.74) is 1.70. The number of benzene rings is 1. The predicted octanol–water partition coefficient (Wildman–Crippen LogP) is 4.55. The maximum absolute atomic E-state index is 13.5. The Labute approximate surface area is 181 Å². The largest absolute Gasteiger partial charge is 0.487 e. The van der Waals surface area contributed by atoms with Gasteiger partial charge in [-0.15, -0.1) is 10.2 Å². The summed E-state index contributed by atoms with van der Waals surface area (Å²) >= 11 is 0. The highest BCUT2D eigenvalue weighted by molar-refractivity contribution is 5.99. The average Bonchev–Trinajstić information content (AvgIpc) is 3.40. The van der Waals surface area contributed by atoms with Crippen molar-refractivity contribution in [1.82, 2.24) is 20.1 Å². The first-order chi connectivity index (χ1) is 15.5. The van der Waals surface area contributed by atoms with Crippen molar-refractivity contribution in [3.8, 4) is 17.2 Å². The normalized spacial score (nSPS) is 20.6. The molecule has 3 heterocycles. The van der Waals surface area contributed by atoms with Crippen LogP contribution in [0, 0.1) is 5.82 Å². The number of rotatable bonds is 5. The minimum Gasteiger partial charge on any atom is -0.487 e. The van der Waals surface area contributed by atoms with Crippen molar-refractivity contribution in [2.45, 2.75) is 50.8 Å². The number of hydrogen-bond acceptors (Lipinski definition) is 6. The SMILES string of the molecule is O=C1c2cc(-c3nnc(C(F)F)o3)ccc2CN1[C@@H]1CCCC[C@H]1Oc1cncc(F)c1. The van der Waals surface area contributed by atoms with Crippen LogP contribution in [0.1, 0.15) is 53.9 Å². The second-order valence-electron chi connectivity index (χ2n) is 7.90. The molecule has 1 aliphatic heterocycles. The first-order valence-electron chi connectivity index (χ1n) is 10.3. The maximum atomic E-state index is 13.5. The second-order valence-corrected chi connectivity index (χ2v) is 7.90. The highest BCUT2D eigenvalue weighted by atomic mass is 19.3. The lowest BCUT2D eigenvalue weighted by Gasteiger charge is -2.37. The number of fused-ring (bicyclic) bond motifs is 1. The molecular weight excluding hydrogens is 425 g/mol. The van der Waals surface area contributed by atoms with Crippen LogP contribution in [-0.2, 0) is 6.54 Å². The molecule has 2 aliphatic rings. The van der Waals surface area contributed by atoms with Gasteiger partial charge >= 0.3 is 6.43 Å². The van der Waals surface area contributed by atoms with Gasteiger partial charge in [0.1, 0.15) is 17.7 Å². The van der Waals surface area contributed by atoms with Gasteiger partial charge in [-0.25, -0.2) is 4.39 Å². The third kappa shape index (κ3) is 3.80. The smallest absolute Gasteiger partial charge is 0.314 e. The predicted molar refractivity (Wildman–Crippen MR) is 105 cm³/mol. The van der Waals surface area contributed by atoms with E-state index in [1.54, 1.807) is 23.1 Å². The van der Waals surface area contributed by atoms with Crippen LogP contribution < -0.4 is 4.74 Å². The molecular formula is C22H19F3N4O3. The number of carbonyl (C=O) groups is 1. The van der Waals surface area contributed by atoms with Crippen molar-refractivity contribution in [1.29, 1.82) is 0 Å². The van der Waals surface area contributed by atoms with Crippen LogP contribution in [0.15, 0.2) is 41.1 Å². The van der Waals surface area contributed by atoms with Crippen LogP contribution in [0.2, 0.25) is 0 Å². The van der Waals surface area contributed by atoms with Crippen molar-refractivity contribution < 1.29 is 27.1 Å². The van der Waals surface area contributed by atoms with Crippen molar-refractivity contribution in [3.63, 3.8) is 0 Å². The van der Waals surface area contributed by atoms with Crippen molar-refractivity contribution in [2.75, 3.05) is 0 Å². The third-order valence-electron chi connectivity index (χ3n) is 5.85. The molecule has 166 valence electrons. The van der Waals surface area contributed by atoms with Crippen LogP contribution in [0.5, 0.6) is 5.75 Å². The van der Waals surface area contributed by atoms with E-state index >= 15 is 0 Å². The zero-order valence-corrected chi connectivity index (χ0v) is 16.9. The first-order valence-corrected chi connectivity index (χ1v) is 10.3. The average molecular weight is 444 g/mol. The molecule has 32 heavy (non-hydrogen) atoms. The number of amides is 1. The Morgan fingerprint density at radius 1 is 1.12 bits per heavy atom. The third-order valence-corrected chi connectivity index (χ3v) is 5.85. The van der Waals surface area contributed by atoms with E-state index < -0.39 is 18.1 Å². The van der Waals surface area contributed by atoms with E-state index in [4.69, 9.17) is 9.15 Å². The van der Waals surface area contributed by atoms with Gasteiger partial charge in [0.2, 0.25) is 5.89 Å². The Balaban J connectivity index is 1.38. The van der Waals surface area contributed by atoms with Crippen molar-refractivity contribution in [3.05, 3.63) is 59.5 Å². The Morgan fingerprint density at radius 2 is 1.97 bits per heavy atom. The number of hydrogen-bond donors (Lipinski definition) is 0. The van der Waals surface area contributed by atoms with Gasteiger partial charge in [0.15, 0.2) is 0 Å². The fourth-order valence-electron chi connectivity index (χ4n) is 4.37. The van der Waals surface area contributed by atoms with E-state index in [-0.39, 0.29) is 23.9 Å². The summed E-state index contributed by atoms with van der Waals surface area (Å²) in [5.74, 6) is -1.15. The monoisotopic (exact) mass is 444 g/mol. The van der Waals surface area contributed by atoms with E-state index in [2.05, 4.69) is 15.2 Å². The van der Waals surface area contributed by atoms with Gasteiger partial charge in [0.05, 0.1) is 18.4 Å². The van der Waals surface area contributed by atoms with Crippen molar-refractivity contribution in [2.24, 2.45) is 0 Å². The van der Waals surface area contributed by atoms with E-state index in [1.165, 1.54) is 12.3 Å². The molecule has 0 saturated heterocycles. The number of ether oxygens (including phenoxy) is 1. The fraction of sp³-hybridized carbons (Fsp3) is 0.364. The van der Waals surface area contributed by atoms with Crippen molar-refractivity contribution >= 4 is 5.91 Å².